The number of hydrogen-bond donors (Lipinski definition) is 2. The number of nitrogens with zero attached hydrogens (tertiary/aromatic N) is 2. The van der Waals surface area contributed by atoms with Crippen molar-refractivity contribution in [3.63, 3.8) is 0 Å². The van der Waals surface area contributed by atoms with Crippen LogP contribution in [0, 0.1) is 27.7 Å². The van der Waals surface area contributed by atoms with Gasteiger partial charge in [0.25, 0.3) is 5.56 Å². The van der Waals surface area contributed by atoms with Gasteiger partial charge in [-0.2, -0.15) is 5.10 Å². The smallest absolute Gasteiger partial charge is 0.280 e. The number of hydrazone groups is 1. The number of H-pyrrole nitrogens is 1. The Balaban J connectivity index is 1.89. The van der Waals surface area contributed by atoms with Crippen LogP contribution in [-0.2, 0) is 0 Å². The summed E-state index contributed by atoms with van der Waals surface area (Å²) in [5, 5.41) is 7.35. The molecule has 0 aliphatic carbocycles. The normalized spacial score (nSPS) is 11.2. The van der Waals surface area contributed by atoms with Crippen LogP contribution in [-0.4, -0.2) is 16.0 Å². The fraction of sp³-hybridized carbons (Fsp3) is 0.200. The maximum Gasteiger partial charge on any atom is 0.280 e. The number of aryl methyl sites for hydroxylation is 4. The molecule has 0 fully saturated rings. The fourth-order valence-electron chi connectivity index (χ4n) is 2.62. The van der Waals surface area contributed by atoms with Gasteiger partial charge in [-0.1, -0.05) is 24.3 Å². The van der Waals surface area contributed by atoms with Gasteiger partial charge < -0.3 is 0 Å². The summed E-state index contributed by atoms with van der Waals surface area (Å²) in [7, 11) is 0. The van der Waals surface area contributed by atoms with Gasteiger partial charge in [0.05, 0.1) is 23.2 Å². The summed E-state index contributed by atoms with van der Waals surface area (Å²) in [5.74, 6) is 0. The Kier molecular flexibility index (Phi) is 4.57. The van der Waals surface area contributed by atoms with Gasteiger partial charge in [-0.25, -0.2) is 4.68 Å². The van der Waals surface area contributed by atoms with Crippen molar-refractivity contribution in [3.05, 3.63) is 80.8 Å². The molecule has 0 amide bonds. The predicted molar refractivity (Wildman–Crippen MR) is 103 cm³/mol. The highest BCUT2D eigenvalue weighted by atomic mass is 16.1. The quantitative estimate of drug-likeness (QED) is 0.562. The Bertz CT molecular complexity index is 995. The van der Waals surface area contributed by atoms with Crippen molar-refractivity contribution in [1.29, 1.82) is 0 Å². The zero-order valence-corrected chi connectivity index (χ0v) is 14.9. The van der Waals surface area contributed by atoms with Crippen molar-refractivity contribution in [3.8, 4) is 5.69 Å². The van der Waals surface area contributed by atoms with Crippen molar-refractivity contribution in [2.45, 2.75) is 27.7 Å². The fourth-order valence-corrected chi connectivity index (χ4v) is 2.62. The Morgan fingerprint density at radius 3 is 2.48 bits per heavy atom. The Morgan fingerprint density at radius 1 is 1.00 bits per heavy atom. The molecule has 3 rings (SSSR count). The van der Waals surface area contributed by atoms with Crippen LogP contribution in [0.4, 0.5) is 5.69 Å². The number of anilines is 1. The number of hydrogen-bond acceptors (Lipinski definition) is 3. The maximum absolute atomic E-state index is 12.7. The number of benzene rings is 2. The molecule has 0 spiro atoms. The molecule has 0 saturated carbocycles. The Labute approximate surface area is 147 Å². The summed E-state index contributed by atoms with van der Waals surface area (Å²) in [6.07, 6.45) is 1.57. The predicted octanol–water partition coefficient (Wildman–Crippen LogP) is 3.85. The van der Waals surface area contributed by atoms with E-state index >= 15 is 0 Å². The molecule has 2 aromatic carbocycles. The third-order valence-electron chi connectivity index (χ3n) is 4.39. The minimum absolute atomic E-state index is 0.115. The van der Waals surface area contributed by atoms with Crippen molar-refractivity contribution >= 4 is 11.9 Å². The van der Waals surface area contributed by atoms with Gasteiger partial charge in [0.15, 0.2) is 0 Å². The number of rotatable bonds is 4. The molecule has 0 atom stereocenters. The first-order valence-electron chi connectivity index (χ1n) is 8.21. The summed E-state index contributed by atoms with van der Waals surface area (Å²) in [6.45, 7) is 7.96. The van der Waals surface area contributed by atoms with E-state index in [1.807, 2.05) is 63.2 Å². The van der Waals surface area contributed by atoms with E-state index in [1.165, 1.54) is 5.56 Å². The zero-order valence-electron chi connectivity index (χ0n) is 14.9. The molecule has 0 saturated heterocycles. The zero-order chi connectivity index (χ0) is 18.0. The second-order valence-corrected chi connectivity index (χ2v) is 6.24. The molecule has 0 radical (unpaired) electrons. The van der Waals surface area contributed by atoms with Crippen LogP contribution in [0.3, 0.4) is 0 Å². The van der Waals surface area contributed by atoms with Crippen molar-refractivity contribution in [1.82, 2.24) is 9.78 Å². The van der Waals surface area contributed by atoms with Crippen LogP contribution in [0.25, 0.3) is 5.69 Å². The highest BCUT2D eigenvalue weighted by molar-refractivity contribution is 5.81. The summed E-state index contributed by atoms with van der Waals surface area (Å²) in [6, 6.07) is 13.8. The van der Waals surface area contributed by atoms with Crippen molar-refractivity contribution < 1.29 is 0 Å². The number of para-hydroxylation sites is 1. The molecule has 1 heterocycles. The molecule has 2 N–H and O–H groups in total. The molecule has 25 heavy (non-hydrogen) atoms. The van der Waals surface area contributed by atoms with E-state index in [2.05, 4.69) is 22.5 Å². The molecule has 3 aromatic rings. The average molecular weight is 334 g/mol. The minimum atomic E-state index is -0.115. The van der Waals surface area contributed by atoms with Gasteiger partial charge in [0.2, 0.25) is 0 Å². The lowest BCUT2D eigenvalue weighted by atomic mass is 10.1. The molecule has 0 aliphatic rings. The van der Waals surface area contributed by atoms with Crippen molar-refractivity contribution in [2.75, 3.05) is 5.43 Å². The summed E-state index contributed by atoms with van der Waals surface area (Å²) in [4.78, 5) is 12.7. The second kappa shape index (κ2) is 6.81. The monoisotopic (exact) mass is 334 g/mol. The lowest BCUT2D eigenvalue weighted by Crippen LogP contribution is -2.17. The van der Waals surface area contributed by atoms with E-state index < -0.39 is 0 Å². The molecular weight excluding hydrogens is 312 g/mol. The van der Waals surface area contributed by atoms with Gasteiger partial charge in [-0.15, -0.1) is 0 Å². The van der Waals surface area contributed by atoms with E-state index in [9.17, 15) is 4.79 Å². The summed E-state index contributed by atoms with van der Waals surface area (Å²) in [5.41, 5.74) is 9.37. The molecule has 5 heteroatoms. The number of nitrogens with one attached hydrogen (secondary N) is 2. The summed E-state index contributed by atoms with van der Waals surface area (Å²) < 4.78 is 1.55. The molecular formula is C20H22N4O. The number of aromatic nitrogens is 2. The van der Waals surface area contributed by atoms with Crippen LogP contribution < -0.4 is 11.0 Å². The number of aromatic amines is 1. The van der Waals surface area contributed by atoms with Crippen molar-refractivity contribution in [2.24, 2.45) is 5.10 Å². The molecule has 0 bridgehead atoms. The van der Waals surface area contributed by atoms with Gasteiger partial charge in [-0.3, -0.25) is 15.3 Å². The molecule has 128 valence electrons. The SMILES string of the molecule is Cc1ccc(-n2[nH]c(C)c(/C=N/Nc3ccccc3C)c2=O)cc1C. The minimum Gasteiger partial charge on any atom is -0.295 e. The van der Waals surface area contributed by atoms with Crippen LogP contribution >= 0.6 is 0 Å². The maximum atomic E-state index is 12.7. The highest BCUT2D eigenvalue weighted by Crippen LogP contribution is 2.14. The van der Waals surface area contributed by atoms with Crippen LogP contribution in [0.5, 0.6) is 0 Å². The van der Waals surface area contributed by atoms with Gasteiger partial charge >= 0.3 is 0 Å². The standard InChI is InChI=1S/C20H22N4O/c1-13-9-10-17(11-15(13)3)24-20(25)18(16(4)23-24)12-21-22-19-8-6-5-7-14(19)2/h5-12,22-23H,1-4H3/b21-12+. The Hall–Kier alpha value is -3.08. The second-order valence-electron chi connectivity index (χ2n) is 6.24. The van der Waals surface area contributed by atoms with E-state index in [-0.39, 0.29) is 5.56 Å². The summed E-state index contributed by atoms with van der Waals surface area (Å²) >= 11 is 0. The average Bonchev–Trinajstić information content (AvgIpc) is 2.87. The topological polar surface area (TPSA) is 62.2 Å². The molecule has 5 nitrogen and oxygen atoms in total. The molecule has 1 aromatic heterocycles. The third kappa shape index (κ3) is 3.40. The molecule has 0 unspecified atom stereocenters. The Morgan fingerprint density at radius 2 is 1.76 bits per heavy atom. The molecule has 0 aliphatic heterocycles. The lowest BCUT2D eigenvalue weighted by molar-refractivity contribution is 0.833. The van der Waals surface area contributed by atoms with Gasteiger partial charge in [-0.05, 0) is 62.6 Å². The van der Waals surface area contributed by atoms with Crippen LogP contribution in [0.1, 0.15) is 27.9 Å². The third-order valence-corrected chi connectivity index (χ3v) is 4.39. The van der Waals surface area contributed by atoms with Crippen LogP contribution in [0.15, 0.2) is 52.4 Å². The highest BCUT2D eigenvalue weighted by Gasteiger charge is 2.11. The first kappa shape index (κ1) is 16.8. The van der Waals surface area contributed by atoms with Gasteiger partial charge in [0.1, 0.15) is 0 Å². The van der Waals surface area contributed by atoms with Crippen LogP contribution in [0.2, 0.25) is 0 Å². The first-order chi connectivity index (χ1) is 12.0. The lowest BCUT2D eigenvalue weighted by Gasteiger charge is -2.05. The van der Waals surface area contributed by atoms with E-state index in [4.69, 9.17) is 0 Å². The largest absolute Gasteiger partial charge is 0.295 e. The van der Waals surface area contributed by atoms with E-state index in [0.29, 0.717) is 5.56 Å². The van der Waals surface area contributed by atoms with E-state index in [0.717, 1.165) is 28.2 Å². The van der Waals surface area contributed by atoms with E-state index in [1.54, 1.807) is 10.9 Å². The first-order valence-corrected chi connectivity index (χ1v) is 8.21. The van der Waals surface area contributed by atoms with Gasteiger partial charge in [0, 0.05) is 5.69 Å².